The van der Waals surface area contributed by atoms with E-state index < -0.39 is 5.82 Å². The minimum Gasteiger partial charge on any atom is -0.484 e. The number of hydrogen-bond acceptors (Lipinski definition) is 5. The van der Waals surface area contributed by atoms with E-state index in [9.17, 15) is 14.0 Å². The molecule has 2 aromatic heterocycles. The van der Waals surface area contributed by atoms with Crippen molar-refractivity contribution >= 4 is 29.1 Å². The Kier molecular flexibility index (Phi) is 4.40. The van der Waals surface area contributed by atoms with Crippen molar-refractivity contribution in [2.45, 2.75) is 37.3 Å². The predicted octanol–water partition coefficient (Wildman–Crippen LogP) is 2.43. The van der Waals surface area contributed by atoms with Gasteiger partial charge in [-0.25, -0.2) is 13.9 Å². The SMILES string of the molecule is Cc1cc2ncc(C(=O)NC34CC(NC(=O)COc5ccc(Cl)c(F)c5)(C3)C4)cn2n1. The highest BCUT2D eigenvalue weighted by atomic mass is 35.5. The molecule has 10 heteroatoms. The van der Waals surface area contributed by atoms with Gasteiger partial charge in [0.05, 0.1) is 16.3 Å². The number of aromatic nitrogens is 3. The second kappa shape index (κ2) is 6.91. The fraction of sp³-hybridized carbons (Fsp3) is 0.333. The molecule has 3 fully saturated rings. The quantitative estimate of drug-likeness (QED) is 0.609. The number of nitrogens with zero attached hydrogens (tertiary/aromatic N) is 3. The van der Waals surface area contributed by atoms with Crippen LogP contribution < -0.4 is 15.4 Å². The third-order valence-electron chi connectivity index (χ3n) is 5.77. The van der Waals surface area contributed by atoms with Crippen LogP contribution in [0, 0.1) is 12.7 Å². The van der Waals surface area contributed by atoms with E-state index in [2.05, 4.69) is 20.7 Å². The number of rotatable bonds is 6. The van der Waals surface area contributed by atoms with Gasteiger partial charge in [0, 0.05) is 35.6 Å². The Hall–Kier alpha value is -3.20. The van der Waals surface area contributed by atoms with Crippen LogP contribution in [0.3, 0.4) is 0 Å². The molecule has 0 spiro atoms. The number of carbonyl (C=O) groups excluding carboxylic acids is 2. The number of amides is 2. The monoisotopic (exact) mass is 443 g/mol. The summed E-state index contributed by atoms with van der Waals surface area (Å²) in [6.45, 7) is 1.64. The average Bonchev–Trinajstić information content (AvgIpc) is 3.05. The van der Waals surface area contributed by atoms with E-state index in [1.54, 1.807) is 10.7 Å². The second-order valence-corrected chi connectivity index (χ2v) is 8.80. The minimum atomic E-state index is -0.603. The second-order valence-electron chi connectivity index (χ2n) is 8.39. The summed E-state index contributed by atoms with van der Waals surface area (Å²) in [5.74, 6) is -0.876. The van der Waals surface area contributed by atoms with Crippen molar-refractivity contribution in [3.05, 3.63) is 58.8 Å². The molecular weight excluding hydrogens is 425 g/mol. The maximum atomic E-state index is 13.4. The Labute approximate surface area is 181 Å². The summed E-state index contributed by atoms with van der Waals surface area (Å²) in [6, 6.07) is 5.85. The summed E-state index contributed by atoms with van der Waals surface area (Å²) in [6.07, 6.45) is 5.16. The first-order chi connectivity index (χ1) is 14.7. The molecule has 2 N–H and O–H groups in total. The standard InChI is InChI=1S/C21H19ClFN5O3/c1-12-4-17-24-6-13(7-28(17)27-12)19(30)26-21-9-20(10-21,11-21)25-18(29)8-31-14-2-3-15(22)16(23)5-14/h2-7H,8-11H2,1H3,(H,25,29)(H,26,30). The third kappa shape index (κ3) is 3.59. The Morgan fingerprint density at radius 3 is 2.71 bits per heavy atom. The molecule has 1 aromatic carbocycles. The van der Waals surface area contributed by atoms with Gasteiger partial charge in [-0.15, -0.1) is 0 Å². The maximum absolute atomic E-state index is 13.4. The van der Waals surface area contributed by atoms with Crippen LogP contribution in [0.25, 0.3) is 5.65 Å². The van der Waals surface area contributed by atoms with Crippen molar-refractivity contribution in [2.75, 3.05) is 6.61 Å². The lowest BCUT2D eigenvalue weighted by molar-refractivity contribution is -0.141. The molecule has 3 aliphatic carbocycles. The summed E-state index contributed by atoms with van der Waals surface area (Å²) in [5, 5.41) is 10.3. The molecule has 3 aliphatic rings. The van der Waals surface area contributed by atoms with E-state index in [0.717, 1.165) is 11.8 Å². The summed E-state index contributed by atoms with van der Waals surface area (Å²) in [7, 11) is 0. The summed E-state index contributed by atoms with van der Waals surface area (Å²) in [4.78, 5) is 29.1. The van der Waals surface area contributed by atoms with Gasteiger partial charge in [0.2, 0.25) is 0 Å². The molecule has 2 heterocycles. The van der Waals surface area contributed by atoms with Gasteiger partial charge >= 0.3 is 0 Å². The lowest BCUT2D eigenvalue weighted by atomic mass is 9.44. The van der Waals surface area contributed by atoms with Gasteiger partial charge in [0.25, 0.3) is 11.8 Å². The van der Waals surface area contributed by atoms with Gasteiger partial charge in [-0.2, -0.15) is 5.10 Å². The Morgan fingerprint density at radius 2 is 1.97 bits per heavy atom. The van der Waals surface area contributed by atoms with E-state index in [0.29, 0.717) is 30.5 Å². The van der Waals surface area contributed by atoms with Gasteiger partial charge in [0.1, 0.15) is 11.6 Å². The molecule has 6 rings (SSSR count). The van der Waals surface area contributed by atoms with Crippen LogP contribution in [0.5, 0.6) is 5.75 Å². The van der Waals surface area contributed by atoms with E-state index in [1.165, 1.54) is 18.3 Å². The third-order valence-corrected chi connectivity index (χ3v) is 6.08. The van der Waals surface area contributed by atoms with Crippen molar-refractivity contribution < 1.29 is 18.7 Å². The molecule has 0 atom stereocenters. The van der Waals surface area contributed by atoms with Gasteiger partial charge in [-0.05, 0) is 38.3 Å². The number of halogens is 2. The Balaban J connectivity index is 1.12. The smallest absolute Gasteiger partial charge is 0.258 e. The lowest BCUT2D eigenvalue weighted by Crippen LogP contribution is -2.84. The van der Waals surface area contributed by atoms with Gasteiger partial charge < -0.3 is 15.4 Å². The van der Waals surface area contributed by atoms with Gasteiger partial charge in [-0.1, -0.05) is 11.6 Å². The van der Waals surface area contributed by atoms with E-state index in [-0.39, 0.29) is 40.3 Å². The normalized spacial score (nSPS) is 23.6. The molecular formula is C21H19ClFN5O3. The highest BCUT2D eigenvalue weighted by molar-refractivity contribution is 6.30. The number of benzene rings is 1. The molecule has 0 unspecified atom stereocenters. The summed E-state index contributed by atoms with van der Waals surface area (Å²) >= 11 is 5.63. The van der Waals surface area contributed by atoms with Crippen LogP contribution in [0.4, 0.5) is 4.39 Å². The van der Waals surface area contributed by atoms with Crippen LogP contribution in [0.15, 0.2) is 36.7 Å². The lowest BCUT2D eigenvalue weighted by Gasteiger charge is -2.70. The Morgan fingerprint density at radius 1 is 1.23 bits per heavy atom. The van der Waals surface area contributed by atoms with E-state index >= 15 is 0 Å². The number of nitrogens with one attached hydrogen (secondary N) is 2. The van der Waals surface area contributed by atoms with E-state index in [1.807, 2.05) is 13.0 Å². The molecule has 2 amide bonds. The largest absolute Gasteiger partial charge is 0.484 e. The highest BCUT2D eigenvalue weighted by Gasteiger charge is 2.69. The first kappa shape index (κ1) is 19.7. The average molecular weight is 444 g/mol. The zero-order valence-electron chi connectivity index (χ0n) is 16.6. The molecule has 0 radical (unpaired) electrons. The van der Waals surface area contributed by atoms with Crippen molar-refractivity contribution in [3.8, 4) is 5.75 Å². The number of ether oxygens (including phenoxy) is 1. The van der Waals surface area contributed by atoms with Crippen molar-refractivity contribution in [1.29, 1.82) is 0 Å². The number of fused-ring (bicyclic) bond motifs is 1. The van der Waals surface area contributed by atoms with E-state index in [4.69, 9.17) is 16.3 Å². The van der Waals surface area contributed by atoms with Crippen LogP contribution in [-0.2, 0) is 4.79 Å². The topological polar surface area (TPSA) is 97.6 Å². The molecule has 160 valence electrons. The number of aryl methyl sites for hydroxylation is 1. The minimum absolute atomic E-state index is 0.00606. The number of carbonyl (C=O) groups is 2. The van der Waals surface area contributed by atoms with Crippen LogP contribution in [0.1, 0.15) is 35.3 Å². The molecule has 2 bridgehead atoms. The first-order valence-electron chi connectivity index (χ1n) is 9.78. The van der Waals surface area contributed by atoms with Crippen molar-refractivity contribution in [2.24, 2.45) is 0 Å². The fourth-order valence-corrected chi connectivity index (χ4v) is 4.64. The van der Waals surface area contributed by atoms with Crippen LogP contribution >= 0.6 is 11.6 Å². The first-order valence-corrected chi connectivity index (χ1v) is 10.2. The fourth-order valence-electron chi connectivity index (χ4n) is 4.53. The molecule has 31 heavy (non-hydrogen) atoms. The molecule has 0 aliphatic heterocycles. The number of hydrogen-bond donors (Lipinski definition) is 2. The summed E-state index contributed by atoms with van der Waals surface area (Å²) < 4.78 is 20.3. The van der Waals surface area contributed by atoms with Gasteiger partial charge in [0.15, 0.2) is 12.3 Å². The zero-order valence-corrected chi connectivity index (χ0v) is 17.4. The van der Waals surface area contributed by atoms with Crippen LogP contribution in [0.2, 0.25) is 5.02 Å². The van der Waals surface area contributed by atoms with Gasteiger partial charge in [-0.3, -0.25) is 9.59 Å². The maximum Gasteiger partial charge on any atom is 0.258 e. The summed E-state index contributed by atoms with van der Waals surface area (Å²) in [5.41, 5.74) is 1.32. The Bertz CT molecular complexity index is 1210. The van der Waals surface area contributed by atoms with Crippen molar-refractivity contribution in [1.82, 2.24) is 25.2 Å². The molecule has 3 aromatic rings. The van der Waals surface area contributed by atoms with Crippen LogP contribution in [-0.4, -0.2) is 44.1 Å². The predicted molar refractivity (Wildman–Crippen MR) is 110 cm³/mol. The molecule has 8 nitrogen and oxygen atoms in total. The molecule has 0 saturated heterocycles. The molecule has 3 saturated carbocycles. The zero-order chi connectivity index (χ0) is 21.8. The van der Waals surface area contributed by atoms with Crippen molar-refractivity contribution in [3.63, 3.8) is 0 Å². The highest BCUT2D eigenvalue weighted by Crippen LogP contribution is 2.60.